The monoisotopic (exact) mass is 273 g/mol. The van der Waals surface area contributed by atoms with Gasteiger partial charge < -0.3 is 14.3 Å². The minimum absolute atomic E-state index is 0.104. The molecule has 1 aliphatic rings. The van der Waals surface area contributed by atoms with Gasteiger partial charge in [0.2, 0.25) is 5.96 Å². The number of amides is 1. The van der Waals surface area contributed by atoms with Crippen LogP contribution in [0.25, 0.3) is 11.1 Å². The third kappa shape index (κ3) is 2.30. The average molecular weight is 273 g/mol. The van der Waals surface area contributed by atoms with Gasteiger partial charge in [-0.3, -0.25) is 15.4 Å². The summed E-state index contributed by atoms with van der Waals surface area (Å²) in [7, 11) is 0. The largest absolute Gasteiger partial charge is 0.550 e. The summed E-state index contributed by atoms with van der Waals surface area (Å²) >= 11 is 0. The Bertz CT molecular complexity index is 688. The molecule has 8 heteroatoms. The van der Waals surface area contributed by atoms with Crippen LogP contribution in [-0.2, 0) is 9.59 Å². The lowest BCUT2D eigenvalue weighted by Crippen LogP contribution is -2.35. The van der Waals surface area contributed by atoms with Gasteiger partial charge in [0.1, 0.15) is 11.6 Å². The number of para-hydroxylation sites is 2. The Balaban J connectivity index is 1.77. The van der Waals surface area contributed by atoms with E-state index in [1.54, 1.807) is 12.1 Å². The number of guanidine groups is 1. The topological polar surface area (TPSA) is 120 Å². The van der Waals surface area contributed by atoms with Crippen molar-refractivity contribution in [1.82, 2.24) is 10.3 Å². The Morgan fingerprint density at radius 3 is 3.00 bits per heavy atom. The number of hydrogen-bond acceptors (Lipinski definition) is 7. The zero-order chi connectivity index (χ0) is 14.1. The first-order valence-electron chi connectivity index (χ1n) is 5.83. The summed E-state index contributed by atoms with van der Waals surface area (Å²) in [5, 5.41) is 15.6. The van der Waals surface area contributed by atoms with Crippen molar-refractivity contribution in [1.29, 1.82) is 0 Å². The van der Waals surface area contributed by atoms with Crippen molar-refractivity contribution < 1.29 is 19.1 Å². The van der Waals surface area contributed by atoms with E-state index >= 15 is 0 Å². The fourth-order valence-corrected chi connectivity index (χ4v) is 1.83. The molecule has 1 aromatic heterocycles. The third-order valence-corrected chi connectivity index (χ3v) is 2.71. The Morgan fingerprint density at radius 1 is 1.45 bits per heavy atom. The van der Waals surface area contributed by atoms with Gasteiger partial charge in [-0.05, 0) is 12.1 Å². The number of fused-ring (bicyclic) bond motifs is 1. The van der Waals surface area contributed by atoms with Crippen LogP contribution < -0.4 is 15.7 Å². The molecule has 0 saturated heterocycles. The van der Waals surface area contributed by atoms with Crippen molar-refractivity contribution >= 4 is 35.0 Å². The summed E-state index contributed by atoms with van der Waals surface area (Å²) in [6.07, 6.45) is -0.468. The number of nitrogens with zero attached hydrogens (tertiary/aromatic N) is 2. The van der Waals surface area contributed by atoms with Crippen LogP contribution in [0.2, 0.25) is 0 Å². The molecule has 8 nitrogen and oxygen atoms in total. The molecule has 20 heavy (non-hydrogen) atoms. The molecule has 0 saturated carbocycles. The normalized spacial score (nSPS) is 17.9. The number of aliphatic carboxylic acids is 1. The highest BCUT2D eigenvalue weighted by atomic mass is 16.4. The predicted octanol–water partition coefficient (Wildman–Crippen LogP) is -0.766. The summed E-state index contributed by atoms with van der Waals surface area (Å²) < 4.78 is 5.40. The second kappa shape index (κ2) is 4.65. The Hall–Kier alpha value is -2.90. The molecule has 0 radical (unpaired) electrons. The lowest BCUT2D eigenvalue weighted by molar-refractivity contribution is -0.305. The molecule has 2 heterocycles. The van der Waals surface area contributed by atoms with Crippen LogP contribution in [0.15, 0.2) is 33.7 Å². The van der Waals surface area contributed by atoms with Crippen molar-refractivity contribution in [2.45, 2.75) is 12.5 Å². The van der Waals surface area contributed by atoms with Crippen LogP contribution >= 0.6 is 0 Å². The van der Waals surface area contributed by atoms with E-state index in [9.17, 15) is 14.7 Å². The molecule has 0 unspecified atom stereocenters. The molecule has 0 spiro atoms. The van der Waals surface area contributed by atoms with E-state index < -0.39 is 24.3 Å². The minimum Gasteiger partial charge on any atom is -0.550 e. The van der Waals surface area contributed by atoms with Crippen LogP contribution in [0.4, 0.5) is 6.01 Å². The number of carbonyl (C=O) groups excluding carboxylic acids is 2. The van der Waals surface area contributed by atoms with E-state index in [0.29, 0.717) is 11.1 Å². The van der Waals surface area contributed by atoms with Crippen LogP contribution in [-0.4, -0.2) is 28.9 Å². The van der Waals surface area contributed by atoms with Crippen molar-refractivity contribution in [2.24, 2.45) is 4.99 Å². The number of rotatable bonds is 3. The first-order valence-corrected chi connectivity index (χ1v) is 5.83. The second-order valence-electron chi connectivity index (χ2n) is 4.17. The maximum atomic E-state index is 11.5. The molecule has 0 aliphatic carbocycles. The highest BCUT2D eigenvalue weighted by Crippen LogP contribution is 2.18. The van der Waals surface area contributed by atoms with Gasteiger partial charge in [-0.15, -0.1) is 0 Å². The van der Waals surface area contributed by atoms with E-state index in [2.05, 4.69) is 20.6 Å². The third-order valence-electron chi connectivity index (χ3n) is 2.71. The van der Waals surface area contributed by atoms with Crippen molar-refractivity contribution in [3.05, 3.63) is 24.3 Å². The summed E-state index contributed by atoms with van der Waals surface area (Å²) in [6.45, 7) is 0. The number of aromatic nitrogens is 1. The smallest absolute Gasteiger partial charge is 0.302 e. The number of nitrogens with one attached hydrogen (secondary N) is 2. The maximum Gasteiger partial charge on any atom is 0.302 e. The van der Waals surface area contributed by atoms with E-state index in [0.717, 1.165) is 0 Å². The lowest BCUT2D eigenvalue weighted by atomic mass is 10.2. The van der Waals surface area contributed by atoms with E-state index in [4.69, 9.17) is 4.42 Å². The van der Waals surface area contributed by atoms with E-state index in [-0.39, 0.29) is 12.0 Å². The van der Waals surface area contributed by atoms with Gasteiger partial charge in [-0.25, -0.2) is 4.99 Å². The van der Waals surface area contributed by atoms with Crippen LogP contribution in [0.5, 0.6) is 0 Å². The van der Waals surface area contributed by atoms with Crippen molar-refractivity contribution in [3.63, 3.8) is 0 Å². The SMILES string of the molecule is O=C([O-])C[C@@H]1N=C(Nc2nc3ccccc3o2)NC1=O. The van der Waals surface area contributed by atoms with Crippen LogP contribution in [0.1, 0.15) is 6.42 Å². The van der Waals surface area contributed by atoms with E-state index in [1.807, 2.05) is 12.1 Å². The van der Waals surface area contributed by atoms with Crippen LogP contribution in [0, 0.1) is 0 Å². The highest BCUT2D eigenvalue weighted by molar-refractivity contribution is 6.10. The van der Waals surface area contributed by atoms with Gasteiger partial charge >= 0.3 is 6.01 Å². The fraction of sp³-hybridized carbons (Fsp3) is 0.167. The molecule has 3 rings (SSSR count). The molecular weight excluding hydrogens is 264 g/mol. The van der Waals surface area contributed by atoms with Gasteiger partial charge in [-0.2, -0.15) is 4.98 Å². The number of aliphatic imine (C=N–C) groups is 1. The summed E-state index contributed by atoms with van der Waals surface area (Å²) in [5.41, 5.74) is 1.25. The summed E-state index contributed by atoms with van der Waals surface area (Å²) in [5.74, 6) is -1.74. The summed E-state index contributed by atoms with van der Waals surface area (Å²) in [4.78, 5) is 30.0. The zero-order valence-electron chi connectivity index (χ0n) is 10.1. The lowest BCUT2D eigenvalue weighted by Gasteiger charge is -2.03. The standard InChI is InChI=1S/C12H10N4O4/c17-9(18)5-7-10(19)15-11(13-7)16-12-14-6-3-1-2-4-8(6)20-12/h1-4,7H,5H2,(H,17,18)(H2,13,14,15,16,19)/p-1/t7-/m0/s1. The Kier molecular flexibility index (Phi) is 2.82. The number of hydrogen-bond donors (Lipinski definition) is 2. The fourth-order valence-electron chi connectivity index (χ4n) is 1.83. The number of carboxylic acids is 1. The predicted molar refractivity (Wildman–Crippen MR) is 66.6 cm³/mol. The molecule has 0 bridgehead atoms. The molecule has 1 amide bonds. The molecular formula is C12H9N4O4-. The van der Waals surface area contributed by atoms with E-state index in [1.165, 1.54) is 0 Å². The van der Waals surface area contributed by atoms with Gasteiger partial charge in [0, 0.05) is 12.4 Å². The minimum atomic E-state index is -1.34. The molecule has 0 fully saturated rings. The molecule has 1 atom stereocenters. The number of oxazole rings is 1. The van der Waals surface area contributed by atoms with Gasteiger partial charge in [0.05, 0.1) is 0 Å². The summed E-state index contributed by atoms with van der Waals surface area (Å²) in [6, 6.07) is 6.33. The highest BCUT2D eigenvalue weighted by Gasteiger charge is 2.27. The Labute approximate surface area is 112 Å². The average Bonchev–Trinajstić information content (AvgIpc) is 2.92. The van der Waals surface area contributed by atoms with Crippen molar-refractivity contribution in [3.8, 4) is 0 Å². The van der Waals surface area contributed by atoms with Gasteiger partial charge in [0.25, 0.3) is 5.91 Å². The maximum absolute atomic E-state index is 11.5. The molecule has 2 N–H and O–H groups in total. The Morgan fingerprint density at radius 2 is 2.25 bits per heavy atom. The van der Waals surface area contributed by atoms with Gasteiger partial charge in [0.15, 0.2) is 5.58 Å². The number of anilines is 1. The first kappa shape index (κ1) is 12.2. The second-order valence-corrected chi connectivity index (χ2v) is 4.17. The molecule has 102 valence electrons. The number of benzene rings is 1. The number of carboxylic acid groups (broad SMARTS) is 1. The van der Waals surface area contributed by atoms with Gasteiger partial charge in [-0.1, -0.05) is 12.1 Å². The quantitative estimate of drug-likeness (QED) is 0.758. The van der Waals surface area contributed by atoms with Crippen LogP contribution in [0.3, 0.4) is 0 Å². The first-order chi connectivity index (χ1) is 9.61. The number of carbonyl (C=O) groups is 2. The zero-order valence-corrected chi connectivity index (χ0v) is 10.1. The molecule has 2 aromatic rings. The molecule has 1 aliphatic heterocycles. The molecule has 1 aromatic carbocycles. The van der Waals surface area contributed by atoms with Crippen molar-refractivity contribution in [2.75, 3.05) is 5.32 Å².